The van der Waals surface area contributed by atoms with Crippen molar-refractivity contribution in [1.82, 2.24) is 14.9 Å². The lowest BCUT2D eigenvalue weighted by Gasteiger charge is -2.16. The lowest BCUT2D eigenvalue weighted by atomic mass is 10.1. The second-order valence-corrected chi connectivity index (χ2v) is 5.24. The van der Waals surface area contributed by atoms with E-state index in [0.29, 0.717) is 17.0 Å². The Morgan fingerprint density at radius 1 is 1.58 bits per heavy atom. The van der Waals surface area contributed by atoms with Crippen molar-refractivity contribution < 1.29 is 10.0 Å². The molecule has 0 spiro atoms. The molecule has 1 aromatic rings. The standard InChI is InChI=1S/C11H19N5O2S/c1-4-5-7(10(12)15-18)13-11(17)9-8(6(2)3)14-16-19-9/h6-7,18H,4-5H2,1-3H3,(H2,12,15)(H,13,17). The molecule has 0 radical (unpaired) electrons. The van der Waals surface area contributed by atoms with E-state index >= 15 is 0 Å². The number of amides is 1. The lowest BCUT2D eigenvalue weighted by Crippen LogP contribution is -2.44. The molecule has 1 rings (SSSR count). The van der Waals surface area contributed by atoms with E-state index in [-0.39, 0.29) is 17.7 Å². The molecule has 106 valence electrons. The number of rotatable bonds is 6. The van der Waals surface area contributed by atoms with Crippen LogP contribution in [0.1, 0.15) is 54.9 Å². The van der Waals surface area contributed by atoms with Crippen molar-refractivity contribution in [3.8, 4) is 0 Å². The summed E-state index contributed by atoms with van der Waals surface area (Å²) in [4.78, 5) is 12.6. The second-order valence-electron chi connectivity index (χ2n) is 4.48. The molecule has 0 aliphatic rings. The maximum absolute atomic E-state index is 12.2. The molecular weight excluding hydrogens is 266 g/mol. The smallest absolute Gasteiger partial charge is 0.265 e. The summed E-state index contributed by atoms with van der Waals surface area (Å²) in [6, 6.07) is -0.482. The summed E-state index contributed by atoms with van der Waals surface area (Å²) in [6.45, 7) is 5.85. The van der Waals surface area contributed by atoms with Crippen LogP contribution >= 0.6 is 11.5 Å². The summed E-state index contributed by atoms with van der Waals surface area (Å²) < 4.78 is 3.80. The number of carbonyl (C=O) groups excluding carboxylic acids is 1. The minimum Gasteiger partial charge on any atom is -0.409 e. The van der Waals surface area contributed by atoms with E-state index in [1.165, 1.54) is 0 Å². The molecule has 7 nitrogen and oxygen atoms in total. The van der Waals surface area contributed by atoms with Gasteiger partial charge < -0.3 is 16.3 Å². The third kappa shape index (κ3) is 3.88. The van der Waals surface area contributed by atoms with Gasteiger partial charge >= 0.3 is 0 Å². The monoisotopic (exact) mass is 285 g/mol. The molecule has 0 bridgehead atoms. The van der Waals surface area contributed by atoms with Crippen LogP contribution in [-0.4, -0.2) is 32.6 Å². The lowest BCUT2D eigenvalue weighted by molar-refractivity contribution is 0.0947. The fourth-order valence-corrected chi connectivity index (χ4v) is 2.33. The molecule has 1 aromatic heterocycles. The number of nitrogens with two attached hydrogens (primary N) is 1. The van der Waals surface area contributed by atoms with Gasteiger partial charge in [-0.05, 0) is 23.9 Å². The van der Waals surface area contributed by atoms with Gasteiger partial charge in [-0.2, -0.15) is 0 Å². The Balaban J connectivity index is 2.85. The average Bonchev–Trinajstić information content (AvgIpc) is 2.86. The Hall–Kier alpha value is -1.70. The minimum absolute atomic E-state index is 0.00114. The first-order valence-corrected chi connectivity index (χ1v) is 6.89. The third-order valence-corrected chi connectivity index (χ3v) is 3.36. The third-order valence-electron chi connectivity index (χ3n) is 2.62. The van der Waals surface area contributed by atoms with Crippen LogP contribution < -0.4 is 11.1 Å². The molecule has 0 saturated carbocycles. The zero-order valence-electron chi connectivity index (χ0n) is 11.3. The Morgan fingerprint density at radius 2 is 2.26 bits per heavy atom. The molecule has 1 atom stereocenters. The van der Waals surface area contributed by atoms with E-state index < -0.39 is 6.04 Å². The molecule has 4 N–H and O–H groups in total. The number of nitrogens with one attached hydrogen (secondary N) is 1. The first-order chi connectivity index (χ1) is 9.01. The highest BCUT2D eigenvalue weighted by Crippen LogP contribution is 2.19. The number of oxime groups is 1. The zero-order valence-corrected chi connectivity index (χ0v) is 12.1. The second kappa shape index (κ2) is 7.03. The van der Waals surface area contributed by atoms with Crippen LogP contribution in [0, 0.1) is 0 Å². The molecule has 0 saturated heterocycles. The van der Waals surface area contributed by atoms with Gasteiger partial charge in [0.05, 0.1) is 11.7 Å². The number of carbonyl (C=O) groups is 1. The predicted molar refractivity (Wildman–Crippen MR) is 73.6 cm³/mol. The molecule has 19 heavy (non-hydrogen) atoms. The van der Waals surface area contributed by atoms with Crippen LogP contribution in [0.25, 0.3) is 0 Å². The molecule has 0 aliphatic heterocycles. The first-order valence-electron chi connectivity index (χ1n) is 6.11. The molecule has 1 amide bonds. The van der Waals surface area contributed by atoms with Crippen molar-refractivity contribution in [2.45, 2.75) is 45.6 Å². The summed E-state index contributed by atoms with van der Waals surface area (Å²) in [5.41, 5.74) is 6.22. The molecule has 1 heterocycles. The highest BCUT2D eigenvalue weighted by atomic mass is 32.1. The molecule has 0 fully saturated rings. The van der Waals surface area contributed by atoms with Gasteiger partial charge in [0.15, 0.2) is 5.84 Å². The first kappa shape index (κ1) is 15.4. The molecule has 8 heteroatoms. The zero-order chi connectivity index (χ0) is 14.4. The molecule has 0 aliphatic carbocycles. The van der Waals surface area contributed by atoms with Crippen LogP contribution in [0.3, 0.4) is 0 Å². The number of nitrogens with zero attached hydrogens (tertiary/aromatic N) is 3. The summed E-state index contributed by atoms with van der Waals surface area (Å²) in [5, 5.41) is 18.4. The van der Waals surface area contributed by atoms with Gasteiger partial charge in [-0.15, -0.1) is 5.10 Å². The summed E-state index contributed by atoms with van der Waals surface area (Å²) in [6.07, 6.45) is 1.41. The van der Waals surface area contributed by atoms with Gasteiger partial charge in [-0.25, -0.2) is 0 Å². The van der Waals surface area contributed by atoms with Gasteiger partial charge in [0, 0.05) is 0 Å². The van der Waals surface area contributed by atoms with Crippen LogP contribution in [0.15, 0.2) is 5.16 Å². The molecule has 0 aromatic carbocycles. The van der Waals surface area contributed by atoms with Gasteiger partial charge in [-0.3, -0.25) is 4.79 Å². The molecular formula is C11H19N5O2S. The quantitative estimate of drug-likeness (QED) is 0.315. The Morgan fingerprint density at radius 3 is 2.79 bits per heavy atom. The summed E-state index contributed by atoms with van der Waals surface area (Å²) >= 11 is 1.05. The van der Waals surface area contributed by atoms with Gasteiger partial charge in [0.25, 0.3) is 5.91 Å². The highest BCUT2D eigenvalue weighted by Gasteiger charge is 2.22. The van der Waals surface area contributed by atoms with Crippen molar-refractivity contribution >= 4 is 23.3 Å². The average molecular weight is 285 g/mol. The maximum atomic E-state index is 12.2. The van der Waals surface area contributed by atoms with Crippen molar-refractivity contribution in [2.24, 2.45) is 10.9 Å². The summed E-state index contributed by atoms with van der Waals surface area (Å²) in [5.74, 6) is -0.171. The fourth-order valence-electron chi connectivity index (χ4n) is 1.61. The van der Waals surface area contributed by atoms with Crippen molar-refractivity contribution in [3.05, 3.63) is 10.6 Å². The normalized spacial score (nSPS) is 13.6. The maximum Gasteiger partial charge on any atom is 0.265 e. The van der Waals surface area contributed by atoms with E-state index in [1.807, 2.05) is 20.8 Å². The number of aromatic nitrogens is 2. The van der Waals surface area contributed by atoms with Crippen LogP contribution in [0.4, 0.5) is 0 Å². The van der Waals surface area contributed by atoms with Crippen LogP contribution in [0.2, 0.25) is 0 Å². The van der Waals surface area contributed by atoms with E-state index in [9.17, 15) is 4.79 Å². The van der Waals surface area contributed by atoms with E-state index in [1.54, 1.807) is 0 Å². The van der Waals surface area contributed by atoms with Crippen LogP contribution in [-0.2, 0) is 0 Å². The Bertz CT molecular complexity index is 458. The fraction of sp³-hybridized carbons (Fsp3) is 0.636. The Kier molecular flexibility index (Phi) is 5.68. The predicted octanol–water partition coefficient (Wildman–Crippen LogP) is 1.31. The Labute approximate surface area is 116 Å². The van der Waals surface area contributed by atoms with Gasteiger partial charge in [0.2, 0.25) is 0 Å². The van der Waals surface area contributed by atoms with Crippen molar-refractivity contribution in [2.75, 3.05) is 0 Å². The number of amidine groups is 1. The SMILES string of the molecule is CCCC(NC(=O)c1snnc1C(C)C)C(N)=NO. The minimum atomic E-state index is -0.482. The number of hydrogen-bond donors (Lipinski definition) is 3. The van der Waals surface area contributed by atoms with Gasteiger partial charge in [0.1, 0.15) is 4.88 Å². The van der Waals surface area contributed by atoms with Crippen molar-refractivity contribution in [3.63, 3.8) is 0 Å². The van der Waals surface area contributed by atoms with Crippen LogP contribution in [0.5, 0.6) is 0 Å². The van der Waals surface area contributed by atoms with E-state index in [0.717, 1.165) is 18.0 Å². The van der Waals surface area contributed by atoms with Gasteiger partial charge in [-0.1, -0.05) is 36.8 Å². The largest absolute Gasteiger partial charge is 0.409 e. The highest BCUT2D eigenvalue weighted by molar-refractivity contribution is 7.08. The topological polar surface area (TPSA) is 113 Å². The summed E-state index contributed by atoms with van der Waals surface area (Å²) in [7, 11) is 0. The van der Waals surface area contributed by atoms with E-state index in [2.05, 4.69) is 20.1 Å². The molecule has 1 unspecified atom stereocenters. The number of hydrogen-bond acceptors (Lipinski definition) is 6. The van der Waals surface area contributed by atoms with E-state index in [4.69, 9.17) is 10.9 Å². The van der Waals surface area contributed by atoms with Crippen molar-refractivity contribution in [1.29, 1.82) is 0 Å².